The highest BCUT2D eigenvalue weighted by molar-refractivity contribution is 5.83. The van der Waals surface area contributed by atoms with Gasteiger partial charge in [0.1, 0.15) is 24.2 Å². The fourth-order valence-corrected chi connectivity index (χ4v) is 5.49. The number of fused-ring (bicyclic) bond motifs is 2. The van der Waals surface area contributed by atoms with Gasteiger partial charge in [-0.15, -0.1) is 0 Å². The Labute approximate surface area is 159 Å². The van der Waals surface area contributed by atoms with E-state index in [0.717, 1.165) is 38.8 Å². The van der Waals surface area contributed by atoms with Gasteiger partial charge in [0.15, 0.2) is 0 Å². The maximum absolute atomic E-state index is 12.8. The number of carbonyl (C=O) groups is 2. The van der Waals surface area contributed by atoms with Crippen molar-refractivity contribution in [1.29, 1.82) is 0 Å². The summed E-state index contributed by atoms with van der Waals surface area (Å²) in [5.41, 5.74) is 0. The summed E-state index contributed by atoms with van der Waals surface area (Å²) in [6.45, 7) is 4.48. The van der Waals surface area contributed by atoms with Gasteiger partial charge in [0, 0.05) is 25.6 Å². The van der Waals surface area contributed by atoms with Crippen LogP contribution in [0.5, 0.6) is 0 Å². The number of urea groups is 1. The molecule has 0 saturated carbocycles. The predicted molar refractivity (Wildman–Crippen MR) is 97.3 cm³/mol. The van der Waals surface area contributed by atoms with E-state index >= 15 is 0 Å². The van der Waals surface area contributed by atoms with Gasteiger partial charge in [0.05, 0.1) is 18.4 Å². The number of Topliss-reactive ketones (excluding diaryl/α,β-unsaturated/α-hetero) is 1. The molecule has 0 spiro atoms. The van der Waals surface area contributed by atoms with Crippen molar-refractivity contribution in [3.05, 3.63) is 0 Å². The van der Waals surface area contributed by atoms with Gasteiger partial charge in [-0.3, -0.25) is 30.5 Å². The maximum atomic E-state index is 12.8. The lowest BCUT2D eigenvalue weighted by atomic mass is 9.84. The first-order chi connectivity index (χ1) is 13.1. The molecule has 5 rings (SSSR count). The smallest absolute Gasteiger partial charge is 0.320 e. The van der Waals surface area contributed by atoms with E-state index in [9.17, 15) is 9.59 Å². The van der Waals surface area contributed by atoms with Gasteiger partial charge in [0.25, 0.3) is 0 Å². The third-order valence-corrected chi connectivity index (χ3v) is 6.83. The van der Waals surface area contributed by atoms with Gasteiger partial charge in [-0.05, 0) is 39.2 Å². The number of nitrogens with zero attached hydrogens (tertiary/aromatic N) is 2. The van der Waals surface area contributed by atoms with Crippen LogP contribution in [-0.4, -0.2) is 78.2 Å². The molecule has 9 heteroatoms. The number of amides is 2. The molecule has 5 aliphatic heterocycles. The number of nitrogens with one attached hydrogen (secondary N) is 4. The highest BCUT2D eigenvalue weighted by atomic mass is 16.5. The Morgan fingerprint density at radius 1 is 1.11 bits per heavy atom. The van der Waals surface area contributed by atoms with Crippen LogP contribution in [0, 0.1) is 5.92 Å². The van der Waals surface area contributed by atoms with Crippen molar-refractivity contribution in [3.8, 4) is 0 Å². The van der Waals surface area contributed by atoms with Gasteiger partial charge in [-0.25, -0.2) is 4.79 Å². The third-order valence-electron chi connectivity index (χ3n) is 6.83. The topological polar surface area (TPSA) is 98.0 Å². The lowest BCUT2D eigenvalue weighted by molar-refractivity contribution is -0.136. The average molecular weight is 378 g/mol. The fraction of sp³-hybridized carbons (Fsp3) is 0.889. The first-order valence-electron chi connectivity index (χ1n) is 10.4. The Kier molecular flexibility index (Phi) is 4.60. The number of ketones is 1. The summed E-state index contributed by atoms with van der Waals surface area (Å²) in [5.74, 6) is 0.417. The highest BCUT2D eigenvalue weighted by Gasteiger charge is 2.52. The van der Waals surface area contributed by atoms with E-state index in [2.05, 4.69) is 33.1 Å². The van der Waals surface area contributed by atoms with Gasteiger partial charge in [0.2, 0.25) is 0 Å². The van der Waals surface area contributed by atoms with E-state index in [4.69, 9.17) is 4.74 Å². The molecule has 27 heavy (non-hydrogen) atoms. The molecule has 2 amide bonds. The normalized spacial score (nSPS) is 45.5. The van der Waals surface area contributed by atoms with Crippen molar-refractivity contribution in [1.82, 2.24) is 31.1 Å². The zero-order valence-electron chi connectivity index (χ0n) is 15.8. The number of ether oxygens (including phenoxy) is 1. The van der Waals surface area contributed by atoms with Gasteiger partial charge in [-0.2, -0.15) is 0 Å². The first kappa shape index (κ1) is 17.8. The maximum Gasteiger partial charge on any atom is 0.320 e. The van der Waals surface area contributed by atoms with Gasteiger partial charge < -0.3 is 10.1 Å². The molecule has 0 aromatic heterocycles. The van der Waals surface area contributed by atoms with Crippen molar-refractivity contribution in [2.24, 2.45) is 5.92 Å². The standard InChI is InChI=1S/C18H30N6O3/c1-10-3-2-7-23-8-6-12(25)11-4-5-13(21-16(11)23)24-14-15(22-18(24)26)19-9-20-17(14)27-10/h10-11,13-17,19-21H,2-9H2,1H3,(H,22,26)/t10-,11?,13?,14?,15?,16?,17?/m1/s1. The molecule has 7 atom stereocenters. The molecule has 5 aliphatic rings. The number of hydrogen-bond donors (Lipinski definition) is 4. The highest BCUT2D eigenvalue weighted by Crippen LogP contribution is 2.33. The molecule has 0 radical (unpaired) electrons. The van der Waals surface area contributed by atoms with Crippen LogP contribution in [0.2, 0.25) is 0 Å². The predicted octanol–water partition coefficient (Wildman–Crippen LogP) is -0.692. The van der Waals surface area contributed by atoms with Crippen molar-refractivity contribution < 1.29 is 14.3 Å². The molecule has 5 fully saturated rings. The van der Waals surface area contributed by atoms with Crippen LogP contribution in [0.1, 0.15) is 39.0 Å². The van der Waals surface area contributed by atoms with Crippen LogP contribution < -0.4 is 21.3 Å². The minimum absolute atomic E-state index is 0.0375. The molecule has 6 unspecified atom stereocenters. The zero-order chi connectivity index (χ0) is 18.5. The molecular weight excluding hydrogens is 348 g/mol. The molecule has 2 bridgehead atoms. The summed E-state index contributed by atoms with van der Waals surface area (Å²) in [6, 6.07) is -0.181. The zero-order valence-corrected chi connectivity index (χ0v) is 15.8. The number of carbonyl (C=O) groups excluding carboxylic acids is 2. The summed E-state index contributed by atoms with van der Waals surface area (Å²) >= 11 is 0. The summed E-state index contributed by atoms with van der Waals surface area (Å²) in [4.78, 5) is 29.6. The lowest BCUT2D eigenvalue weighted by Crippen LogP contribution is -2.70. The molecular formula is C18H30N6O3. The lowest BCUT2D eigenvalue weighted by Gasteiger charge is -2.50. The Balaban J connectivity index is 1.47. The van der Waals surface area contributed by atoms with E-state index in [-0.39, 0.29) is 48.8 Å². The van der Waals surface area contributed by atoms with Gasteiger partial charge in [-0.1, -0.05) is 0 Å². The Hall–Kier alpha value is -1.26. The second kappa shape index (κ2) is 6.97. The Bertz CT molecular complexity index is 618. The monoisotopic (exact) mass is 378 g/mol. The molecule has 150 valence electrons. The third kappa shape index (κ3) is 3.05. The van der Waals surface area contributed by atoms with Crippen molar-refractivity contribution in [2.75, 3.05) is 19.8 Å². The van der Waals surface area contributed by atoms with Crippen LogP contribution in [-0.2, 0) is 9.53 Å². The summed E-state index contributed by atoms with van der Waals surface area (Å²) in [7, 11) is 0. The second-order valence-corrected chi connectivity index (χ2v) is 8.48. The molecule has 5 heterocycles. The molecule has 0 aromatic rings. The number of rotatable bonds is 0. The summed E-state index contributed by atoms with van der Waals surface area (Å²) < 4.78 is 6.33. The van der Waals surface area contributed by atoms with E-state index in [0.29, 0.717) is 18.9 Å². The Morgan fingerprint density at radius 3 is 2.89 bits per heavy atom. The summed E-state index contributed by atoms with van der Waals surface area (Å²) in [5, 5.41) is 13.4. The van der Waals surface area contributed by atoms with Gasteiger partial charge >= 0.3 is 6.03 Å². The quantitative estimate of drug-likeness (QED) is 0.443. The summed E-state index contributed by atoms with van der Waals surface area (Å²) in [6.07, 6.45) is 4.03. The van der Waals surface area contributed by atoms with Crippen LogP contribution in [0.3, 0.4) is 0 Å². The molecule has 5 saturated heterocycles. The van der Waals surface area contributed by atoms with Crippen LogP contribution in [0.4, 0.5) is 4.79 Å². The molecule has 4 N–H and O–H groups in total. The SMILES string of the molecule is C[C@@H]1CCCN2CCC(=O)C3CCC(NC32)N2C(=O)NC3NCNC(O1)C32. The van der Waals surface area contributed by atoms with Crippen molar-refractivity contribution >= 4 is 11.8 Å². The first-order valence-corrected chi connectivity index (χ1v) is 10.4. The van der Waals surface area contributed by atoms with Crippen LogP contribution in [0.15, 0.2) is 0 Å². The minimum Gasteiger partial charge on any atom is -0.358 e. The van der Waals surface area contributed by atoms with Crippen LogP contribution >= 0.6 is 0 Å². The van der Waals surface area contributed by atoms with Crippen molar-refractivity contribution in [3.63, 3.8) is 0 Å². The van der Waals surface area contributed by atoms with E-state index in [1.165, 1.54) is 0 Å². The largest absolute Gasteiger partial charge is 0.358 e. The second-order valence-electron chi connectivity index (χ2n) is 8.48. The fourth-order valence-electron chi connectivity index (χ4n) is 5.49. The number of piperidine rings is 2. The average Bonchev–Trinajstić information content (AvgIpc) is 2.99. The van der Waals surface area contributed by atoms with E-state index < -0.39 is 0 Å². The molecule has 0 aromatic carbocycles. The minimum atomic E-state index is -0.201. The van der Waals surface area contributed by atoms with E-state index in [1.807, 2.05) is 4.90 Å². The van der Waals surface area contributed by atoms with E-state index in [1.54, 1.807) is 0 Å². The number of hydrogen-bond acceptors (Lipinski definition) is 7. The molecule has 0 aliphatic carbocycles. The van der Waals surface area contributed by atoms with Crippen molar-refractivity contribution in [2.45, 2.75) is 75.9 Å². The molecule has 9 nitrogen and oxygen atoms in total. The van der Waals surface area contributed by atoms with Crippen LogP contribution in [0.25, 0.3) is 0 Å². The Morgan fingerprint density at radius 2 is 2.00 bits per heavy atom.